The third-order valence-corrected chi connectivity index (χ3v) is 3.12. The molecule has 0 fully saturated rings. The molecule has 0 aliphatic carbocycles. The zero-order valence-corrected chi connectivity index (χ0v) is 12.4. The summed E-state index contributed by atoms with van der Waals surface area (Å²) in [5.41, 5.74) is 0. The van der Waals surface area contributed by atoms with Gasteiger partial charge in [-0.05, 0) is 18.3 Å². The molecule has 0 aromatic carbocycles. The highest BCUT2D eigenvalue weighted by molar-refractivity contribution is 5.78. The van der Waals surface area contributed by atoms with Crippen LogP contribution in [-0.2, 0) is 4.79 Å². The first-order chi connectivity index (χ1) is 8.02. The highest BCUT2D eigenvalue weighted by Crippen LogP contribution is 2.13. The van der Waals surface area contributed by atoms with E-state index in [2.05, 4.69) is 27.7 Å². The van der Waals surface area contributed by atoms with Crippen molar-refractivity contribution in [3.8, 4) is 0 Å². The summed E-state index contributed by atoms with van der Waals surface area (Å²) in [6.07, 6.45) is 10.7. The van der Waals surface area contributed by atoms with E-state index in [9.17, 15) is 4.79 Å². The number of carbonyl (C=O) groups excluding carboxylic acids is 1. The van der Waals surface area contributed by atoms with Gasteiger partial charge in [-0.1, -0.05) is 66.2 Å². The quantitative estimate of drug-likeness (QED) is 0.443. The minimum atomic E-state index is 0.458. The molecule has 0 aromatic heterocycles. The molecule has 0 aromatic rings. The van der Waals surface area contributed by atoms with E-state index < -0.39 is 0 Å². The monoisotopic (exact) mass is 240 g/mol. The predicted octanol–water partition coefficient (Wildman–Crippen LogP) is 5.38. The smallest absolute Gasteiger partial charge is 0.133 e. The van der Waals surface area contributed by atoms with Gasteiger partial charge in [0.15, 0.2) is 0 Å². The molecule has 0 aliphatic heterocycles. The summed E-state index contributed by atoms with van der Waals surface area (Å²) in [5, 5.41) is 0. The minimum Gasteiger partial charge on any atom is -0.300 e. The van der Waals surface area contributed by atoms with Gasteiger partial charge >= 0.3 is 0 Å². The highest BCUT2D eigenvalue weighted by Gasteiger charge is 2.04. The van der Waals surface area contributed by atoms with Gasteiger partial charge in [0.2, 0.25) is 0 Å². The number of Topliss-reactive ketones (excluding diaryl/α,β-unsaturated/α-hetero) is 1. The lowest BCUT2D eigenvalue weighted by molar-refractivity contribution is -0.119. The van der Waals surface area contributed by atoms with Crippen molar-refractivity contribution in [1.29, 1.82) is 0 Å². The maximum Gasteiger partial charge on any atom is 0.133 e. The summed E-state index contributed by atoms with van der Waals surface area (Å²) >= 11 is 0. The third-order valence-electron chi connectivity index (χ3n) is 3.12. The number of hydrogen-bond acceptors (Lipinski definition) is 1. The van der Waals surface area contributed by atoms with Crippen LogP contribution in [0.2, 0.25) is 0 Å². The Hall–Kier alpha value is -0.330. The maximum atomic E-state index is 11.5. The van der Waals surface area contributed by atoms with E-state index in [-0.39, 0.29) is 0 Å². The Kier molecular flexibility index (Phi) is 10.6. The van der Waals surface area contributed by atoms with Crippen LogP contribution in [-0.4, -0.2) is 5.78 Å². The molecule has 17 heavy (non-hydrogen) atoms. The Morgan fingerprint density at radius 3 is 1.82 bits per heavy atom. The molecule has 0 spiro atoms. The van der Waals surface area contributed by atoms with Crippen molar-refractivity contribution in [2.75, 3.05) is 0 Å². The zero-order chi connectivity index (χ0) is 13.1. The third kappa shape index (κ3) is 13.6. The van der Waals surface area contributed by atoms with Crippen LogP contribution in [0.15, 0.2) is 0 Å². The van der Waals surface area contributed by atoms with Crippen molar-refractivity contribution >= 4 is 5.78 Å². The van der Waals surface area contributed by atoms with Crippen LogP contribution in [0.25, 0.3) is 0 Å². The number of ketones is 1. The fraction of sp³-hybridized carbons (Fsp3) is 0.938. The molecule has 0 saturated carbocycles. The first-order valence-electron chi connectivity index (χ1n) is 7.54. The molecule has 1 heteroatoms. The molecule has 0 unspecified atom stereocenters. The molecular formula is C16H32O. The van der Waals surface area contributed by atoms with Crippen LogP contribution in [0.4, 0.5) is 0 Å². The highest BCUT2D eigenvalue weighted by atomic mass is 16.1. The Bertz CT molecular complexity index is 182. The number of unbranched alkanes of at least 4 members (excludes halogenated alkanes) is 5. The van der Waals surface area contributed by atoms with Crippen molar-refractivity contribution in [2.24, 2.45) is 11.8 Å². The van der Waals surface area contributed by atoms with Gasteiger partial charge in [-0.15, -0.1) is 0 Å². The average molecular weight is 240 g/mol. The topological polar surface area (TPSA) is 17.1 Å². The Labute approximate surface area is 108 Å². The first kappa shape index (κ1) is 16.7. The van der Waals surface area contributed by atoms with E-state index >= 15 is 0 Å². The van der Waals surface area contributed by atoms with Crippen LogP contribution in [0.5, 0.6) is 0 Å². The van der Waals surface area contributed by atoms with E-state index in [0.717, 1.165) is 25.2 Å². The summed E-state index contributed by atoms with van der Waals surface area (Å²) in [6, 6.07) is 0. The number of rotatable bonds is 11. The molecule has 0 bridgehead atoms. The molecule has 0 saturated heterocycles. The van der Waals surface area contributed by atoms with E-state index in [1.165, 1.54) is 38.5 Å². The second-order valence-electron chi connectivity index (χ2n) is 6.19. The molecule has 102 valence electrons. The number of carbonyl (C=O) groups is 1. The largest absolute Gasteiger partial charge is 0.300 e. The van der Waals surface area contributed by atoms with Gasteiger partial charge in [0.05, 0.1) is 0 Å². The molecule has 0 radical (unpaired) electrons. The molecule has 0 N–H and O–H groups in total. The molecule has 0 atom stereocenters. The second kappa shape index (κ2) is 10.8. The number of hydrogen-bond donors (Lipinski definition) is 0. The van der Waals surface area contributed by atoms with Crippen LogP contribution in [0.1, 0.15) is 85.5 Å². The fourth-order valence-electron chi connectivity index (χ4n) is 2.14. The summed E-state index contributed by atoms with van der Waals surface area (Å²) in [5.74, 6) is 1.84. The average Bonchev–Trinajstić information content (AvgIpc) is 2.20. The van der Waals surface area contributed by atoms with Gasteiger partial charge in [-0.3, -0.25) is 4.79 Å². The zero-order valence-electron chi connectivity index (χ0n) is 12.4. The normalized spacial score (nSPS) is 11.4. The van der Waals surface area contributed by atoms with Crippen molar-refractivity contribution in [3.05, 3.63) is 0 Å². The van der Waals surface area contributed by atoms with Gasteiger partial charge < -0.3 is 0 Å². The molecule has 0 aliphatic rings. The minimum absolute atomic E-state index is 0.458. The van der Waals surface area contributed by atoms with Crippen molar-refractivity contribution < 1.29 is 4.79 Å². The summed E-state index contributed by atoms with van der Waals surface area (Å²) in [6.45, 7) is 8.82. The maximum absolute atomic E-state index is 11.5. The molecular weight excluding hydrogens is 208 g/mol. The fourth-order valence-corrected chi connectivity index (χ4v) is 2.14. The van der Waals surface area contributed by atoms with Crippen LogP contribution >= 0.6 is 0 Å². The molecule has 0 amide bonds. The second-order valence-corrected chi connectivity index (χ2v) is 6.19. The van der Waals surface area contributed by atoms with Crippen molar-refractivity contribution in [1.82, 2.24) is 0 Å². The first-order valence-corrected chi connectivity index (χ1v) is 7.54. The van der Waals surface area contributed by atoms with Crippen LogP contribution < -0.4 is 0 Å². The SMILES string of the molecule is CC(C)CCCCCCCCC(=O)CC(C)C. The lowest BCUT2D eigenvalue weighted by Crippen LogP contribution is -2.02. The van der Waals surface area contributed by atoms with Gasteiger partial charge in [-0.25, -0.2) is 0 Å². The lowest BCUT2D eigenvalue weighted by atomic mass is 10.0. The van der Waals surface area contributed by atoms with Crippen molar-refractivity contribution in [3.63, 3.8) is 0 Å². The Morgan fingerprint density at radius 2 is 1.29 bits per heavy atom. The van der Waals surface area contributed by atoms with Gasteiger partial charge in [0.1, 0.15) is 5.78 Å². The van der Waals surface area contributed by atoms with E-state index in [4.69, 9.17) is 0 Å². The summed E-state index contributed by atoms with van der Waals surface area (Å²) < 4.78 is 0. The van der Waals surface area contributed by atoms with Gasteiger partial charge in [-0.2, -0.15) is 0 Å². The lowest BCUT2D eigenvalue weighted by Gasteiger charge is -2.05. The summed E-state index contributed by atoms with van der Waals surface area (Å²) in [4.78, 5) is 11.5. The van der Waals surface area contributed by atoms with Gasteiger partial charge in [0, 0.05) is 12.8 Å². The molecule has 0 rings (SSSR count). The van der Waals surface area contributed by atoms with Crippen LogP contribution in [0.3, 0.4) is 0 Å². The standard InChI is InChI=1S/C16H32O/c1-14(2)11-9-7-5-6-8-10-12-16(17)13-15(3)4/h14-15H,5-13H2,1-4H3. The van der Waals surface area contributed by atoms with E-state index in [1.807, 2.05) is 0 Å². The van der Waals surface area contributed by atoms with Crippen molar-refractivity contribution in [2.45, 2.75) is 85.5 Å². The predicted molar refractivity (Wildman–Crippen MR) is 76.2 cm³/mol. The van der Waals surface area contributed by atoms with E-state index in [0.29, 0.717) is 11.7 Å². The molecule has 0 heterocycles. The van der Waals surface area contributed by atoms with E-state index in [1.54, 1.807) is 0 Å². The van der Waals surface area contributed by atoms with Crippen LogP contribution in [0, 0.1) is 11.8 Å². The Balaban J connectivity index is 3.16. The molecule has 1 nitrogen and oxygen atoms in total. The Morgan fingerprint density at radius 1 is 0.765 bits per heavy atom. The summed E-state index contributed by atoms with van der Waals surface area (Å²) in [7, 11) is 0. The van der Waals surface area contributed by atoms with Gasteiger partial charge in [0.25, 0.3) is 0 Å².